The number of H-pyrrole nitrogens is 1. The van der Waals surface area contributed by atoms with Crippen molar-refractivity contribution in [1.82, 2.24) is 15.0 Å². The summed E-state index contributed by atoms with van der Waals surface area (Å²) >= 11 is 1.42. The summed E-state index contributed by atoms with van der Waals surface area (Å²) in [4.78, 5) is 23.4. The number of carbonyl (C=O) groups excluding carboxylic acids is 1. The lowest BCUT2D eigenvalue weighted by Gasteiger charge is -2.34. The minimum Gasteiger partial charge on any atom is -0.488 e. The molecule has 1 aliphatic carbocycles. The van der Waals surface area contributed by atoms with Crippen LogP contribution in [0.2, 0.25) is 0 Å². The van der Waals surface area contributed by atoms with Crippen LogP contribution in [0.15, 0.2) is 36.1 Å². The molecule has 0 aliphatic heterocycles. The summed E-state index contributed by atoms with van der Waals surface area (Å²) in [5, 5.41) is 5.32. The summed E-state index contributed by atoms with van der Waals surface area (Å²) < 4.78 is 5.96. The third-order valence-electron chi connectivity index (χ3n) is 3.83. The second-order valence-electron chi connectivity index (χ2n) is 5.29. The van der Waals surface area contributed by atoms with Crippen molar-refractivity contribution in [3.63, 3.8) is 0 Å². The number of amides is 1. The fourth-order valence-electron chi connectivity index (χ4n) is 2.58. The molecule has 6 nitrogen and oxygen atoms in total. The molecule has 1 aromatic carbocycles. The largest absolute Gasteiger partial charge is 0.488 e. The average Bonchev–Trinajstić information content (AvgIpc) is 3.12. The normalized spacial score (nSPS) is 20.5. The van der Waals surface area contributed by atoms with Gasteiger partial charge in [-0.05, 0) is 25.0 Å². The monoisotopic (exact) mass is 314 g/mol. The molecule has 1 aliphatic rings. The standard InChI is InChI=1S/C15H14N4O2S/c20-14(19-15-16-4-5-22-15)9-6-10(7-9)21-12-3-1-2-11-13(12)18-8-17-11/h1-5,8-10H,6-7H2,(H,17,18)(H,16,19,20). The minimum absolute atomic E-state index is 0.00714. The summed E-state index contributed by atoms with van der Waals surface area (Å²) in [5.74, 6) is 0.780. The number of aromatic amines is 1. The summed E-state index contributed by atoms with van der Waals surface area (Å²) in [7, 11) is 0. The van der Waals surface area contributed by atoms with Gasteiger partial charge in [-0.1, -0.05) is 6.07 Å². The first-order valence-electron chi connectivity index (χ1n) is 7.09. The smallest absolute Gasteiger partial charge is 0.229 e. The molecule has 112 valence electrons. The molecular weight excluding hydrogens is 300 g/mol. The average molecular weight is 314 g/mol. The molecule has 0 atom stereocenters. The summed E-state index contributed by atoms with van der Waals surface area (Å²) in [5.41, 5.74) is 1.79. The van der Waals surface area contributed by atoms with E-state index >= 15 is 0 Å². The predicted molar refractivity (Wildman–Crippen MR) is 84.0 cm³/mol. The molecule has 7 heteroatoms. The van der Waals surface area contributed by atoms with E-state index in [0.29, 0.717) is 5.13 Å². The number of aromatic nitrogens is 3. The van der Waals surface area contributed by atoms with Crippen molar-refractivity contribution in [3.05, 3.63) is 36.1 Å². The van der Waals surface area contributed by atoms with E-state index in [0.717, 1.165) is 29.6 Å². The molecule has 0 saturated heterocycles. The number of nitrogens with one attached hydrogen (secondary N) is 2. The number of fused-ring (bicyclic) bond motifs is 1. The number of thiazole rings is 1. The van der Waals surface area contributed by atoms with E-state index < -0.39 is 0 Å². The van der Waals surface area contributed by atoms with Crippen molar-refractivity contribution in [2.75, 3.05) is 5.32 Å². The van der Waals surface area contributed by atoms with Gasteiger partial charge in [0.1, 0.15) is 17.4 Å². The van der Waals surface area contributed by atoms with Crippen LogP contribution in [0.5, 0.6) is 5.75 Å². The summed E-state index contributed by atoms with van der Waals surface area (Å²) in [6.45, 7) is 0. The fraction of sp³-hybridized carbons (Fsp3) is 0.267. The Labute approximate surface area is 130 Å². The molecule has 2 heterocycles. The van der Waals surface area contributed by atoms with E-state index in [1.165, 1.54) is 11.3 Å². The molecule has 3 aromatic rings. The summed E-state index contributed by atoms with van der Waals surface area (Å²) in [6.07, 6.45) is 4.84. The number of anilines is 1. The van der Waals surface area contributed by atoms with Gasteiger partial charge in [0.25, 0.3) is 0 Å². The van der Waals surface area contributed by atoms with Gasteiger partial charge in [-0.15, -0.1) is 11.3 Å². The highest BCUT2D eigenvalue weighted by Crippen LogP contribution is 2.34. The van der Waals surface area contributed by atoms with E-state index in [4.69, 9.17) is 4.74 Å². The highest BCUT2D eigenvalue weighted by atomic mass is 32.1. The third kappa shape index (κ3) is 2.43. The van der Waals surface area contributed by atoms with E-state index in [2.05, 4.69) is 20.3 Å². The zero-order chi connectivity index (χ0) is 14.9. The van der Waals surface area contributed by atoms with Gasteiger partial charge in [0.15, 0.2) is 5.13 Å². The molecular formula is C15H14N4O2S. The van der Waals surface area contributed by atoms with Crippen LogP contribution in [0, 0.1) is 5.92 Å². The molecule has 22 heavy (non-hydrogen) atoms. The first-order valence-corrected chi connectivity index (χ1v) is 7.96. The molecule has 2 N–H and O–H groups in total. The molecule has 0 unspecified atom stereocenters. The van der Waals surface area contributed by atoms with Crippen LogP contribution in [0.25, 0.3) is 11.0 Å². The summed E-state index contributed by atoms with van der Waals surface area (Å²) in [6, 6.07) is 5.80. The maximum atomic E-state index is 12.0. The maximum Gasteiger partial charge on any atom is 0.229 e. The number of imidazole rings is 1. The lowest BCUT2D eigenvalue weighted by atomic mass is 9.81. The van der Waals surface area contributed by atoms with Crippen molar-refractivity contribution in [3.8, 4) is 5.75 Å². The number of rotatable bonds is 4. The van der Waals surface area contributed by atoms with Gasteiger partial charge in [0.05, 0.1) is 11.8 Å². The predicted octanol–water partition coefficient (Wildman–Crippen LogP) is 2.82. The molecule has 1 saturated carbocycles. The lowest BCUT2D eigenvalue weighted by Crippen LogP contribution is -2.40. The van der Waals surface area contributed by atoms with E-state index in [9.17, 15) is 4.79 Å². The lowest BCUT2D eigenvalue weighted by molar-refractivity contribution is -0.125. The van der Waals surface area contributed by atoms with Crippen molar-refractivity contribution in [2.24, 2.45) is 5.92 Å². The number of benzene rings is 1. The van der Waals surface area contributed by atoms with Crippen LogP contribution in [0.4, 0.5) is 5.13 Å². The molecule has 0 bridgehead atoms. The minimum atomic E-state index is -0.00714. The Hall–Kier alpha value is -2.41. The van der Waals surface area contributed by atoms with E-state index in [-0.39, 0.29) is 17.9 Å². The van der Waals surface area contributed by atoms with E-state index in [1.807, 2.05) is 23.6 Å². The second kappa shape index (κ2) is 5.42. The highest BCUT2D eigenvalue weighted by Gasteiger charge is 2.36. The Morgan fingerprint density at radius 2 is 2.27 bits per heavy atom. The fourth-order valence-corrected chi connectivity index (χ4v) is 3.11. The van der Waals surface area contributed by atoms with Crippen LogP contribution in [-0.2, 0) is 4.79 Å². The van der Waals surface area contributed by atoms with Gasteiger partial charge in [-0.25, -0.2) is 9.97 Å². The second-order valence-corrected chi connectivity index (χ2v) is 6.18. The van der Waals surface area contributed by atoms with Crippen molar-refractivity contribution < 1.29 is 9.53 Å². The zero-order valence-corrected chi connectivity index (χ0v) is 12.5. The highest BCUT2D eigenvalue weighted by molar-refractivity contribution is 7.13. The molecule has 1 fully saturated rings. The van der Waals surface area contributed by atoms with Crippen molar-refractivity contribution in [2.45, 2.75) is 18.9 Å². The van der Waals surface area contributed by atoms with Gasteiger partial charge >= 0.3 is 0 Å². The quantitative estimate of drug-likeness (QED) is 0.776. The molecule has 0 radical (unpaired) electrons. The van der Waals surface area contributed by atoms with Crippen LogP contribution in [-0.4, -0.2) is 27.0 Å². The molecule has 2 aromatic heterocycles. The van der Waals surface area contributed by atoms with Gasteiger partial charge in [0, 0.05) is 17.5 Å². The number of hydrogen-bond acceptors (Lipinski definition) is 5. The zero-order valence-electron chi connectivity index (χ0n) is 11.7. The van der Waals surface area contributed by atoms with E-state index in [1.54, 1.807) is 12.5 Å². The van der Waals surface area contributed by atoms with Gasteiger partial charge in [0.2, 0.25) is 5.91 Å². The Morgan fingerprint density at radius 3 is 3.09 bits per heavy atom. The number of nitrogens with zero attached hydrogens (tertiary/aromatic N) is 2. The van der Waals surface area contributed by atoms with Gasteiger partial charge in [-0.2, -0.15) is 0 Å². The first-order chi connectivity index (χ1) is 10.8. The Balaban J connectivity index is 1.35. The van der Waals surface area contributed by atoms with Crippen molar-refractivity contribution >= 4 is 33.4 Å². The van der Waals surface area contributed by atoms with Crippen LogP contribution in [0.1, 0.15) is 12.8 Å². The topological polar surface area (TPSA) is 79.9 Å². The Bertz CT molecular complexity index is 793. The molecule has 0 spiro atoms. The number of para-hydroxylation sites is 1. The molecule has 1 amide bonds. The van der Waals surface area contributed by atoms with Crippen LogP contribution >= 0.6 is 11.3 Å². The number of ether oxygens (including phenoxy) is 1. The van der Waals surface area contributed by atoms with Crippen LogP contribution < -0.4 is 10.1 Å². The Morgan fingerprint density at radius 1 is 1.36 bits per heavy atom. The first kappa shape index (κ1) is 13.3. The number of hydrogen-bond donors (Lipinski definition) is 2. The SMILES string of the molecule is O=C(Nc1nccs1)C1CC(Oc2cccc3[nH]cnc23)C1. The van der Waals surface area contributed by atoms with Gasteiger partial charge in [-0.3, -0.25) is 4.79 Å². The van der Waals surface area contributed by atoms with Gasteiger partial charge < -0.3 is 15.0 Å². The third-order valence-corrected chi connectivity index (χ3v) is 4.52. The molecule has 4 rings (SSSR count). The Kier molecular flexibility index (Phi) is 3.27. The number of carbonyl (C=O) groups is 1. The maximum absolute atomic E-state index is 12.0. The van der Waals surface area contributed by atoms with Crippen molar-refractivity contribution in [1.29, 1.82) is 0 Å². The van der Waals surface area contributed by atoms with Crippen LogP contribution in [0.3, 0.4) is 0 Å².